The third-order valence-electron chi connectivity index (χ3n) is 3.50. The zero-order chi connectivity index (χ0) is 16.7. The van der Waals surface area contributed by atoms with E-state index in [0.29, 0.717) is 0 Å². The summed E-state index contributed by atoms with van der Waals surface area (Å²) in [5.41, 5.74) is 0. The summed E-state index contributed by atoms with van der Waals surface area (Å²) in [6.45, 7) is 1.26. The molecular formula is C18H18NO3P. The SMILES string of the molecule is CC(=O)OC(C#N)CCP(=O)(c1ccccc1)c1ccccc1. The van der Waals surface area contributed by atoms with Gasteiger partial charge in [-0.05, 0) is 0 Å². The fourth-order valence-electron chi connectivity index (χ4n) is 2.39. The van der Waals surface area contributed by atoms with Crippen LogP contribution in [0, 0.1) is 11.3 Å². The van der Waals surface area contributed by atoms with E-state index in [1.54, 1.807) is 0 Å². The summed E-state index contributed by atoms with van der Waals surface area (Å²) in [7, 11) is -2.88. The second kappa shape index (κ2) is 7.76. The van der Waals surface area contributed by atoms with Gasteiger partial charge in [-0.1, -0.05) is 60.7 Å². The molecule has 0 radical (unpaired) electrons. The van der Waals surface area contributed by atoms with Crippen molar-refractivity contribution in [2.45, 2.75) is 19.4 Å². The predicted molar refractivity (Wildman–Crippen MR) is 90.4 cm³/mol. The van der Waals surface area contributed by atoms with Crippen molar-refractivity contribution in [1.29, 1.82) is 5.26 Å². The lowest BCUT2D eigenvalue weighted by Gasteiger charge is -2.20. The van der Waals surface area contributed by atoms with Crippen LogP contribution in [0.3, 0.4) is 0 Å². The van der Waals surface area contributed by atoms with Crippen molar-refractivity contribution in [2.24, 2.45) is 0 Å². The van der Waals surface area contributed by atoms with Crippen LogP contribution in [0.5, 0.6) is 0 Å². The van der Waals surface area contributed by atoms with E-state index in [1.165, 1.54) is 6.92 Å². The molecule has 0 spiro atoms. The number of hydrogen-bond donors (Lipinski definition) is 0. The van der Waals surface area contributed by atoms with Crippen molar-refractivity contribution in [3.8, 4) is 6.07 Å². The zero-order valence-corrected chi connectivity index (χ0v) is 13.8. The largest absolute Gasteiger partial charge is 0.447 e. The molecule has 0 aromatic heterocycles. The molecule has 0 saturated heterocycles. The summed E-state index contributed by atoms with van der Waals surface area (Å²) < 4.78 is 18.6. The molecule has 0 heterocycles. The van der Waals surface area contributed by atoms with Gasteiger partial charge in [-0.15, -0.1) is 0 Å². The molecule has 23 heavy (non-hydrogen) atoms. The quantitative estimate of drug-likeness (QED) is 0.604. The summed E-state index contributed by atoms with van der Waals surface area (Å²) in [5.74, 6) is -0.509. The molecule has 0 aliphatic rings. The molecule has 5 heteroatoms. The van der Waals surface area contributed by atoms with Crippen LogP contribution < -0.4 is 10.6 Å². The van der Waals surface area contributed by atoms with E-state index in [4.69, 9.17) is 10.00 Å². The minimum atomic E-state index is -2.88. The molecule has 118 valence electrons. The number of nitrogens with zero attached hydrogens (tertiary/aromatic N) is 1. The van der Waals surface area contributed by atoms with Crippen LogP contribution in [0.2, 0.25) is 0 Å². The standard InChI is InChI=1S/C18H18NO3P/c1-15(20)22-16(14-19)12-13-23(21,17-8-4-2-5-9-17)18-10-6-3-7-11-18/h2-11,16H,12-13H2,1H3. The van der Waals surface area contributed by atoms with Crippen molar-refractivity contribution in [1.82, 2.24) is 0 Å². The highest BCUT2D eigenvalue weighted by atomic mass is 31.2. The molecule has 2 aromatic carbocycles. The number of ether oxygens (including phenoxy) is 1. The van der Waals surface area contributed by atoms with Gasteiger partial charge in [0, 0.05) is 30.1 Å². The van der Waals surface area contributed by atoms with Crippen molar-refractivity contribution < 1.29 is 14.1 Å². The number of rotatable bonds is 6. The fraction of sp³-hybridized carbons (Fsp3) is 0.222. The first-order valence-corrected chi connectivity index (χ1v) is 9.22. The highest BCUT2D eigenvalue weighted by Gasteiger charge is 2.28. The number of benzene rings is 2. The Balaban J connectivity index is 2.31. The van der Waals surface area contributed by atoms with E-state index in [0.717, 1.165) is 10.6 Å². The summed E-state index contributed by atoms with van der Waals surface area (Å²) in [6, 6.07) is 20.4. The summed E-state index contributed by atoms with van der Waals surface area (Å²) in [5, 5.41) is 10.6. The van der Waals surface area contributed by atoms with Crippen LogP contribution in [0.4, 0.5) is 0 Å². The van der Waals surface area contributed by atoms with Crippen LogP contribution in [0.1, 0.15) is 13.3 Å². The average Bonchev–Trinajstić information content (AvgIpc) is 2.59. The second-order valence-electron chi connectivity index (χ2n) is 5.15. The Hall–Kier alpha value is -2.37. The Morgan fingerprint density at radius 3 is 1.96 bits per heavy atom. The van der Waals surface area contributed by atoms with E-state index in [9.17, 15) is 9.36 Å². The highest BCUT2D eigenvalue weighted by molar-refractivity contribution is 7.78. The van der Waals surface area contributed by atoms with Crippen molar-refractivity contribution in [3.63, 3.8) is 0 Å². The Morgan fingerprint density at radius 1 is 1.09 bits per heavy atom. The molecule has 2 aromatic rings. The lowest BCUT2D eigenvalue weighted by atomic mass is 10.3. The van der Waals surface area contributed by atoms with Gasteiger partial charge in [-0.3, -0.25) is 4.79 Å². The summed E-state index contributed by atoms with van der Waals surface area (Å²) in [4.78, 5) is 11.0. The second-order valence-corrected chi connectivity index (χ2v) is 8.11. The molecule has 0 saturated carbocycles. The van der Waals surface area contributed by atoms with Crippen LogP contribution in [-0.4, -0.2) is 18.2 Å². The van der Waals surface area contributed by atoms with Crippen LogP contribution in [-0.2, 0) is 14.1 Å². The van der Waals surface area contributed by atoms with E-state index in [1.807, 2.05) is 66.7 Å². The molecule has 0 aliphatic heterocycles. The van der Waals surface area contributed by atoms with E-state index < -0.39 is 19.2 Å². The normalized spacial score (nSPS) is 12.2. The van der Waals surface area contributed by atoms with E-state index >= 15 is 0 Å². The molecule has 0 bridgehead atoms. The third-order valence-corrected chi connectivity index (χ3v) is 6.66. The zero-order valence-electron chi connectivity index (χ0n) is 12.9. The predicted octanol–water partition coefficient (Wildman–Crippen LogP) is 2.85. The van der Waals surface area contributed by atoms with Gasteiger partial charge in [0.15, 0.2) is 6.10 Å². The van der Waals surface area contributed by atoms with Gasteiger partial charge >= 0.3 is 5.97 Å². The third kappa shape index (κ3) is 4.31. The van der Waals surface area contributed by atoms with Gasteiger partial charge in [0.2, 0.25) is 0 Å². The number of esters is 1. The molecule has 0 fully saturated rings. The Labute approximate surface area is 136 Å². The van der Waals surface area contributed by atoms with Crippen molar-refractivity contribution >= 4 is 23.7 Å². The van der Waals surface area contributed by atoms with Crippen LogP contribution in [0.15, 0.2) is 60.7 Å². The van der Waals surface area contributed by atoms with Gasteiger partial charge in [0.25, 0.3) is 0 Å². The minimum absolute atomic E-state index is 0.233. The molecule has 2 rings (SSSR count). The molecule has 4 nitrogen and oxygen atoms in total. The monoisotopic (exact) mass is 327 g/mol. The van der Waals surface area contributed by atoms with Crippen LogP contribution in [0.25, 0.3) is 0 Å². The molecule has 1 unspecified atom stereocenters. The molecule has 0 amide bonds. The van der Waals surface area contributed by atoms with Gasteiger partial charge < -0.3 is 9.30 Å². The summed E-state index contributed by atoms with van der Waals surface area (Å²) >= 11 is 0. The Morgan fingerprint density at radius 2 is 1.57 bits per heavy atom. The first-order chi connectivity index (χ1) is 11.1. The number of carbonyl (C=O) groups is 1. The van der Waals surface area contributed by atoms with Gasteiger partial charge in [0.05, 0.1) is 0 Å². The summed E-state index contributed by atoms with van der Waals surface area (Å²) in [6.07, 6.45) is -0.378. The molecule has 1 atom stereocenters. The smallest absolute Gasteiger partial charge is 0.303 e. The van der Waals surface area contributed by atoms with Gasteiger partial charge in [-0.25, -0.2) is 0 Å². The maximum atomic E-state index is 13.7. The molecule has 0 aliphatic carbocycles. The minimum Gasteiger partial charge on any atom is -0.447 e. The maximum absolute atomic E-state index is 13.7. The number of nitriles is 1. The van der Waals surface area contributed by atoms with Crippen molar-refractivity contribution in [2.75, 3.05) is 6.16 Å². The molecular weight excluding hydrogens is 309 g/mol. The van der Waals surface area contributed by atoms with Crippen molar-refractivity contribution in [3.05, 3.63) is 60.7 Å². The van der Waals surface area contributed by atoms with Crippen LogP contribution >= 0.6 is 7.14 Å². The van der Waals surface area contributed by atoms with Gasteiger partial charge in [-0.2, -0.15) is 5.26 Å². The number of hydrogen-bond acceptors (Lipinski definition) is 4. The first-order valence-electron chi connectivity index (χ1n) is 7.33. The maximum Gasteiger partial charge on any atom is 0.303 e. The average molecular weight is 327 g/mol. The topological polar surface area (TPSA) is 67.2 Å². The lowest BCUT2D eigenvalue weighted by molar-refractivity contribution is -0.143. The Kier molecular flexibility index (Phi) is 5.73. The first kappa shape index (κ1) is 17.0. The number of carbonyl (C=O) groups excluding carboxylic acids is 1. The highest BCUT2D eigenvalue weighted by Crippen LogP contribution is 2.44. The molecule has 0 N–H and O–H groups in total. The lowest BCUT2D eigenvalue weighted by Crippen LogP contribution is -2.22. The van der Waals surface area contributed by atoms with E-state index in [-0.39, 0.29) is 12.6 Å². The van der Waals surface area contributed by atoms with E-state index in [2.05, 4.69) is 0 Å². The van der Waals surface area contributed by atoms with Gasteiger partial charge in [0.1, 0.15) is 13.2 Å². The fourth-order valence-corrected chi connectivity index (χ4v) is 5.11. The Bertz CT molecular complexity index is 694.